The Kier molecular flexibility index (Phi) is 4.72. The molecule has 0 amide bonds. The first kappa shape index (κ1) is 13.5. The Labute approximate surface area is 109 Å². The van der Waals surface area contributed by atoms with Gasteiger partial charge in [0, 0.05) is 18.2 Å². The minimum atomic E-state index is -0.109. The normalized spacial score (nSPS) is 23.8. The number of nitrogens with two attached hydrogens (primary N) is 1. The van der Waals surface area contributed by atoms with Gasteiger partial charge in [-0.3, -0.25) is 0 Å². The van der Waals surface area contributed by atoms with Crippen LogP contribution in [-0.4, -0.2) is 24.5 Å². The molecule has 1 aromatic rings. The second-order valence-corrected chi connectivity index (χ2v) is 5.47. The maximum Gasteiger partial charge on any atom is 0.127 e. The van der Waals surface area contributed by atoms with Gasteiger partial charge in [-0.05, 0) is 44.8 Å². The van der Waals surface area contributed by atoms with Crippen LogP contribution in [-0.2, 0) is 6.54 Å². The minimum Gasteiger partial charge on any atom is -0.327 e. The van der Waals surface area contributed by atoms with Gasteiger partial charge in [0.1, 0.15) is 5.82 Å². The smallest absolute Gasteiger partial charge is 0.127 e. The predicted octanol–water partition coefficient (Wildman–Crippen LogP) is 2.78. The van der Waals surface area contributed by atoms with Crippen LogP contribution >= 0.6 is 0 Å². The van der Waals surface area contributed by atoms with Gasteiger partial charge >= 0.3 is 0 Å². The van der Waals surface area contributed by atoms with Gasteiger partial charge in [-0.25, -0.2) is 4.39 Å². The Morgan fingerprint density at radius 3 is 2.78 bits per heavy atom. The third kappa shape index (κ3) is 3.53. The number of hydrogen-bond acceptors (Lipinski definition) is 2. The molecule has 1 saturated carbocycles. The average molecular weight is 250 g/mol. The Morgan fingerprint density at radius 1 is 1.33 bits per heavy atom. The fourth-order valence-corrected chi connectivity index (χ4v) is 2.81. The molecular formula is C15H23FN2. The van der Waals surface area contributed by atoms with Crippen LogP contribution in [0.2, 0.25) is 0 Å². The third-order valence-corrected chi connectivity index (χ3v) is 4.00. The van der Waals surface area contributed by atoms with Crippen LogP contribution in [0.4, 0.5) is 4.39 Å². The molecule has 0 aliphatic heterocycles. The van der Waals surface area contributed by atoms with Crippen molar-refractivity contribution in [3.05, 3.63) is 35.6 Å². The van der Waals surface area contributed by atoms with Gasteiger partial charge < -0.3 is 10.6 Å². The zero-order chi connectivity index (χ0) is 13.0. The van der Waals surface area contributed by atoms with E-state index in [1.807, 2.05) is 19.2 Å². The van der Waals surface area contributed by atoms with Crippen LogP contribution in [0.15, 0.2) is 24.3 Å². The monoisotopic (exact) mass is 250 g/mol. The van der Waals surface area contributed by atoms with Gasteiger partial charge in [0.05, 0.1) is 0 Å². The number of nitrogens with zero attached hydrogens (tertiary/aromatic N) is 1. The highest BCUT2D eigenvalue weighted by atomic mass is 19.1. The first-order chi connectivity index (χ1) is 8.66. The molecule has 2 nitrogen and oxygen atoms in total. The SMILES string of the molecule is CN(CCC1CCCC1N)Cc1ccccc1F. The van der Waals surface area contributed by atoms with E-state index in [0.29, 0.717) is 18.5 Å². The highest BCUT2D eigenvalue weighted by Crippen LogP contribution is 2.26. The maximum absolute atomic E-state index is 13.5. The van der Waals surface area contributed by atoms with Crippen LogP contribution in [0.25, 0.3) is 0 Å². The van der Waals surface area contributed by atoms with E-state index in [4.69, 9.17) is 5.73 Å². The molecule has 0 heterocycles. The summed E-state index contributed by atoms with van der Waals surface area (Å²) in [6.45, 7) is 1.67. The van der Waals surface area contributed by atoms with Gasteiger partial charge in [0.15, 0.2) is 0 Å². The summed E-state index contributed by atoms with van der Waals surface area (Å²) in [6.07, 6.45) is 4.82. The first-order valence-corrected chi connectivity index (χ1v) is 6.84. The van der Waals surface area contributed by atoms with E-state index in [1.165, 1.54) is 25.3 Å². The summed E-state index contributed by atoms with van der Waals surface area (Å²) in [5, 5.41) is 0. The van der Waals surface area contributed by atoms with Crippen LogP contribution in [0.3, 0.4) is 0 Å². The number of benzene rings is 1. The van der Waals surface area contributed by atoms with Crippen LogP contribution < -0.4 is 5.73 Å². The van der Waals surface area contributed by atoms with Crippen molar-refractivity contribution < 1.29 is 4.39 Å². The van der Waals surface area contributed by atoms with Crippen LogP contribution in [0.5, 0.6) is 0 Å². The Morgan fingerprint density at radius 2 is 2.11 bits per heavy atom. The molecule has 1 fully saturated rings. The summed E-state index contributed by atoms with van der Waals surface area (Å²) in [5.74, 6) is 0.551. The van der Waals surface area contributed by atoms with Crippen molar-refractivity contribution in [3.63, 3.8) is 0 Å². The van der Waals surface area contributed by atoms with Gasteiger partial charge in [0.2, 0.25) is 0 Å². The minimum absolute atomic E-state index is 0.109. The lowest BCUT2D eigenvalue weighted by atomic mass is 10.00. The summed E-state index contributed by atoms with van der Waals surface area (Å²) in [4.78, 5) is 2.18. The third-order valence-electron chi connectivity index (χ3n) is 4.00. The summed E-state index contributed by atoms with van der Waals surface area (Å²) in [5.41, 5.74) is 6.84. The highest BCUT2D eigenvalue weighted by Gasteiger charge is 2.23. The van der Waals surface area contributed by atoms with Gasteiger partial charge in [0.25, 0.3) is 0 Å². The van der Waals surface area contributed by atoms with E-state index in [0.717, 1.165) is 18.5 Å². The van der Waals surface area contributed by atoms with Gasteiger partial charge in [-0.2, -0.15) is 0 Å². The molecule has 1 aliphatic rings. The van der Waals surface area contributed by atoms with E-state index >= 15 is 0 Å². The molecule has 18 heavy (non-hydrogen) atoms. The van der Waals surface area contributed by atoms with Gasteiger partial charge in [-0.15, -0.1) is 0 Å². The summed E-state index contributed by atoms with van der Waals surface area (Å²) >= 11 is 0. The standard InChI is InChI=1S/C15H23FN2/c1-18(10-9-12-6-4-8-15(12)17)11-13-5-2-3-7-14(13)16/h2-3,5,7,12,15H,4,6,8-11,17H2,1H3. The first-order valence-electron chi connectivity index (χ1n) is 6.84. The summed E-state index contributed by atoms with van der Waals surface area (Å²) in [6, 6.07) is 7.38. The quantitative estimate of drug-likeness (QED) is 0.870. The molecule has 0 aromatic heterocycles. The zero-order valence-electron chi connectivity index (χ0n) is 11.1. The topological polar surface area (TPSA) is 29.3 Å². The summed E-state index contributed by atoms with van der Waals surface area (Å²) < 4.78 is 13.5. The van der Waals surface area contributed by atoms with E-state index in [9.17, 15) is 4.39 Å². The molecule has 1 aliphatic carbocycles. The fourth-order valence-electron chi connectivity index (χ4n) is 2.81. The van der Waals surface area contributed by atoms with Crippen LogP contribution in [0, 0.1) is 11.7 Å². The highest BCUT2D eigenvalue weighted by molar-refractivity contribution is 5.16. The second-order valence-electron chi connectivity index (χ2n) is 5.47. The molecular weight excluding hydrogens is 227 g/mol. The van der Waals surface area contributed by atoms with Gasteiger partial charge in [-0.1, -0.05) is 24.6 Å². The fraction of sp³-hybridized carbons (Fsp3) is 0.600. The predicted molar refractivity (Wildman–Crippen MR) is 72.7 cm³/mol. The van der Waals surface area contributed by atoms with Crippen molar-refractivity contribution in [2.24, 2.45) is 11.7 Å². The lowest BCUT2D eigenvalue weighted by Gasteiger charge is -2.21. The molecule has 1 aromatic carbocycles. The van der Waals surface area contributed by atoms with E-state index in [1.54, 1.807) is 6.07 Å². The molecule has 2 atom stereocenters. The number of hydrogen-bond donors (Lipinski definition) is 1. The maximum atomic E-state index is 13.5. The lowest BCUT2D eigenvalue weighted by molar-refractivity contribution is 0.283. The second kappa shape index (κ2) is 6.30. The van der Waals surface area contributed by atoms with Crippen LogP contribution in [0.1, 0.15) is 31.2 Å². The largest absolute Gasteiger partial charge is 0.327 e. The molecule has 0 saturated heterocycles. The van der Waals surface area contributed by atoms with Crippen molar-refractivity contribution in [2.75, 3.05) is 13.6 Å². The van der Waals surface area contributed by atoms with Crippen molar-refractivity contribution in [2.45, 2.75) is 38.3 Å². The van der Waals surface area contributed by atoms with Crippen molar-refractivity contribution in [3.8, 4) is 0 Å². The lowest BCUT2D eigenvalue weighted by Crippen LogP contribution is -2.28. The number of halogens is 1. The van der Waals surface area contributed by atoms with E-state index < -0.39 is 0 Å². The Bertz CT molecular complexity index is 381. The molecule has 2 unspecified atom stereocenters. The molecule has 2 N–H and O–H groups in total. The molecule has 3 heteroatoms. The Hall–Kier alpha value is -0.930. The average Bonchev–Trinajstić information content (AvgIpc) is 2.75. The molecule has 0 radical (unpaired) electrons. The molecule has 100 valence electrons. The molecule has 2 rings (SSSR count). The van der Waals surface area contributed by atoms with Crippen molar-refractivity contribution >= 4 is 0 Å². The van der Waals surface area contributed by atoms with Crippen molar-refractivity contribution in [1.29, 1.82) is 0 Å². The van der Waals surface area contributed by atoms with E-state index in [2.05, 4.69) is 4.90 Å². The zero-order valence-corrected chi connectivity index (χ0v) is 11.1. The number of rotatable bonds is 5. The Balaban J connectivity index is 1.78. The van der Waals surface area contributed by atoms with Crippen molar-refractivity contribution in [1.82, 2.24) is 4.90 Å². The summed E-state index contributed by atoms with van der Waals surface area (Å²) in [7, 11) is 2.05. The molecule has 0 spiro atoms. The molecule has 0 bridgehead atoms. The van der Waals surface area contributed by atoms with E-state index in [-0.39, 0.29) is 5.82 Å².